The van der Waals surface area contributed by atoms with Crippen molar-refractivity contribution >= 4 is 21.5 Å². The van der Waals surface area contributed by atoms with Gasteiger partial charge < -0.3 is 0 Å². The van der Waals surface area contributed by atoms with Crippen molar-refractivity contribution in [3.8, 4) is 12.3 Å². The van der Waals surface area contributed by atoms with Gasteiger partial charge in [0.2, 0.25) is 6.19 Å². The fourth-order valence-corrected chi connectivity index (χ4v) is 12.6. The third-order valence-electron chi connectivity index (χ3n) is 12.7. The van der Waals surface area contributed by atoms with Crippen LogP contribution in [0.15, 0.2) is 27.7 Å². The lowest BCUT2D eigenvalue weighted by Crippen LogP contribution is -2.65. The first kappa shape index (κ1) is 26.9. The van der Waals surface area contributed by atoms with Gasteiger partial charge in [-0.1, -0.05) is 39.3 Å². The van der Waals surface area contributed by atoms with Gasteiger partial charge in [-0.05, 0) is 99.5 Å². The second kappa shape index (κ2) is 8.14. The summed E-state index contributed by atoms with van der Waals surface area (Å²) in [7, 11) is -1.42. The number of carbonyl (C=O) groups is 2. The lowest BCUT2D eigenvalue weighted by atomic mass is 9.40. The van der Waals surface area contributed by atoms with Gasteiger partial charge in [0.15, 0.2) is 11.6 Å². The monoisotopic (exact) mass is 548 g/mol. The van der Waals surface area contributed by atoms with E-state index >= 15 is 0 Å². The Hall–Kier alpha value is -2.29. The maximum atomic E-state index is 14.4. The molecule has 2 unspecified atom stereocenters. The smallest absolute Gasteiger partial charge is 0.215 e. The highest BCUT2D eigenvalue weighted by Gasteiger charge is 2.69. The molecule has 0 aliphatic heterocycles. The van der Waals surface area contributed by atoms with Crippen LogP contribution in [0.25, 0.3) is 0 Å². The first-order chi connectivity index (χ1) is 18.3. The van der Waals surface area contributed by atoms with Crippen LogP contribution in [0, 0.1) is 68.1 Å². The Balaban J connectivity index is 1.52. The zero-order valence-corrected chi connectivity index (χ0v) is 24.6. The van der Waals surface area contributed by atoms with Crippen molar-refractivity contribution in [2.45, 2.75) is 90.2 Å². The van der Waals surface area contributed by atoms with Crippen LogP contribution in [0.4, 0.5) is 0 Å². The predicted octanol–water partition coefficient (Wildman–Crippen LogP) is 5.41. The average Bonchev–Trinajstić information content (AvgIpc) is 3.65. The van der Waals surface area contributed by atoms with Gasteiger partial charge in [-0.25, -0.2) is 8.93 Å². The fourth-order valence-electron chi connectivity index (χ4n) is 10.5. The van der Waals surface area contributed by atoms with Crippen molar-refractivity contribution in [2.75, 3.05) is 7.05 Å². The number of hydrogen-bond donors (Lipinski definition) is 1. The van der Waals surface area contributed by atoms with Crippen LogP contribution in [-0.2, 0) is 19.5 Å². The first-order valence-electron chi connectivity index (χ1n) is 14.5. The molecule has 0 amide bonds. The number of hydrogen-bond acceptors (Lipinski definition) is 6. The summed E-state index contributed by atoms with van der Waals surface area (Å²) in [4.78, 5) is 27.6. The van der Waals surface area contributed by atoms with E-state index in [1.54, 1.807) is 7.05 Å². The van der Waals surface area contributed by atoms with Gasteiger partial charge in [0, 0.05) is 16.7 Å². The minimum Gasteiger partial charge on any atom is -0.295 e. The molecule has 6 aliphatic carbocycles. The molecule has 6 aliphatic rings. The molecule has 1 spiro atoms. The molecule has 1 N–H and O–H groups in total. The summed E-state index contributed by atoms with van der Waals surface area (Å²) in [5, 5.41) is 19.4. The van der Waals surface area contributed by atoms with Crippen LogP contribution in [0.3, 0.4) is 0 Å². The molecular formula is C31H40N4O3S. The topological polar surface area (TPSA) is 123 Å². The third-order valence-corrected chi connectivity index (χ3v) is 15.4. The number of nitriles is 2. The van der Waals surface area contributed by atoms with Crippen LogP contribution in [0.2, 0.25) is 0 Å². The van der Waals surface area contributed by atoms with Crippen molar-refractivity contribution in [1.82, 2.24) is 4.72 Å². The van der Waals surface area contributed by atoms with Gasteiger partial charge in [0.05, 0.1) is 10.3 Å². The lowest BCUT2D eigenvalue weighted by Gasteiger charge is -2.65. The van der Waals surface area contributed by atoms with Gasteiger partial charge in [-0.3, -0.25) is 9.59 Å². The van der Waals surface area contributed by atoms with E-state index < -0.39 is 25.5 Å². The molecule has 4 saturated carbocycles. The SMILES string of the molecule is CNS(=O)(=NC#N)[C@]12CCC3(CC3)C[C@H]1[C@H]1C(=O)C=C3C(CC[C@H]4C(C)(C)C(=O)C(C#N)=C[C@]34C)[C@]1(C)CC2. The Morgan fingerprint density at radius 1 is 1.03 bits per heavy atom. The highest BCUT2D eigenvalue weighted by molar-refractivity contribution is 7.93. The zero-order valence-electron chi connectivity index (χ0n) is 23.8. The van der Waals surface area contributed by atoms with E-state index in [9.17, 15) is 24.3 Å². The molecule has 0 aromatic rings. The van der Waals surface area contributed by atoms with Crippen molar-refractivity contribution < 1.29 is 13.8 Å². The molecule has 6 rings (SSSR count). The molecule has 0 heterocycles. The average molecular weight is 549 g/mol. The molecule has 0 bridgehead atoms. The van der Waals surface area contributed by atoms with E-state index in [-0.39, 0.29) is 51.6 Å². The van der Waals surface area contributed by atoms with Crippen molar-refractivity contribution in [3.05, 3.63) is 23.3 Å². The van der Waals surface area contributed by atoms with Crippen LogP contribution in [0.1, 0.15) is 85.5 Å². The van der Waals surface area contributed by atoms with Gasteiger partial charge in [0.25, 0.3) is 0 Å². The van der Waals surface area contributed by atoms with Gasteiger partial charge in [-0.2, -0.15) is 10.5 Å². The van der Waals surface area contributed by atoms with Crippen LogP contribution in [0.5, 0.6) is 0 Å². The first-order valence-corrected chi connectivity index (χ1v) is 16.1. The molecule has 208 valence electrons. The fraction of sp³-hybridized carbons (Fsp3) is 0.742. The molecule has 8 heteroatoms. The van der Waals surface area contributed by atoms with Crippen molar-refractivity contribution in [2.24, 2.45) is 49.7 Å². The Morgan fingerprint density at radius 2 is 1.69 bits per heavy atom. The second-order valence-electron chi connectivity index (χ2n) is 14.5. The van der Waals surface area contributed by atoms with Crippen LogP contribution >= 0.6 is 0 Å². The van der Waals surface area contributed by atoms with Crippen molar-refractivity contribution in [3.63, 3.8) is 0 Å². The molecule has 4 fully saturated rings. The Morgan fingerprint density at radius 3 is 2.31 bits per heavy atom. The van der Waals surface area contributed by atoms with Crippen LogP contribution < -0.4 is 4.72 Å². The van der Waals surface area contributed by atoms with E-state index in [1.165, 1.54) is 0 Å². The normalized spacial score (nSPS) is 44.6. The van der Waals surface area contributed by atoms with E-state index in [1.807, 2.05) is 32.2 Å². The van der Waals surface area contributed by atoms with Gasteiger partial charge >= 0.3 is 0 Å². The lowest BCUT2D eigenvalue weighted by molar-refractivity contribution is -0.140. The maximum Gasteiger partial charge on any atom is 0.215 e. The van der Waals surface area contributed by atoms with E-state index in [0.29, 0.717) is 6.42 Å². The summed E-state index contributed by atoms with van der Waals surface area (Å²) in [6, 6.07) is 2.16. The number of nitrogens with one attached hydrogen (secondary N) is 1. The molecule has 0 aromatic carbocycles. The summed E-state index contributed by atoms with van der Waals surface area (Å²) >= 11 is 0. The molecule has 0 saturated heterocycles. The Bertz CT molecular complexity index is 1450. The van der Waals surface area contributed by atoms with E-state index in [0.717, 1.165) is 56.9 Å². The van der Waals surface area contributed by atoms with Gasteiger partial charge in [0.1, 0.15) is 16.0 Å². The Kier molecular flexibility index (Phi) is 5.61. The number of allylic oxidation sites excluding steroid dienone is 4. The largest absolute Gasteiger partial charge is 0.295 e. The molecule has 0 radical (unpaired) electrons. The molecule has 8 atom stereocenters. The van der Waals surface area contributed by atoms with Crippen LogP contribution in [-0.4, -0.2) is 27.6 Å². The summed E-state index contributed by atoms with van der Waals surface area (Å²) in [5.41, 5.74) is -0.0124. The number of carbonyl (C=O) groups excluding carboxylic acids is 2. The molecular weight excluding hydrogens is 508 g/mol. The number of Topliss-reactive ketones (excluding diaryl/α,β-unsaturated/α-hetero) is 1. The minimum absolute atomic E-state index is 0.0228. The summed E-state index contributed by atoms with van der Waals surface area (Å²) < 4.78 is 20.7. The molecule has 0 aromatic heterocycles. The highest BCUT2D eigenvalue weighted by atomic mass is 32.2. The number of rotatable bonds is 2. The Labute approximate surface area is 232 Å². The third kappa shape index (κ3) is 3.25. The summed E-state index contributed by atoms with van der Waals surface area (Å²) in [6.45, 7) is 8.31. The van der Waals surface area contributed by atoms with E-state index in [4.69, 9.17) is 0 Å². The second-order valence-corrected chi connectivity index (χ2v) is 16.9. The molecule has 7 nitrogen and oxygen atoms in total. The number of ketones is 2. The molecule has 39 heavy (non-hydrogen) atoms. The minimum atomic E-state index is -3.06. The standard InChI is InChI=1S/C31H40N4O3S/c1-27(2)24-7-6-20-21(29(24,4)15-19(17-32)26(27)37)14-23(36)25-22-16-30(9-10-30)11-13-31(22,12-8-28(20,25)3)39(38,34-5)35-18-33/h14-15,20,22,24-25H,6-13,16H2,1-5H3,(H,34,35,38)/t20?,22-,24-,25-,28-,29+,31+,39?/m0/s1. The van der Waals surface area contributed by atoms with Crippen molar-refractivity contribution in [1.29, 1.82) is 10.5 Å². The maximum absolute atomic E-state index is 14.4. The predicted molar refractivity (Wildman–Crippen MR) is 148 cm³/mol. The summed E-state index contributed by atoms with van der Waals surface area (Å²) in [5.74, 6) is -0.215. The summed E-state index contributed by atoms with van der Waals surface area (Å²) in [6.07, 6.45) is 13.6. The quantitative estimate of drug-likeness (QED) is 0.463. The number of nitrogens with zero attached hydrogens (tertiary/aromatic N) is 3. The van der Waals surface area contributed by atoms with Gasteiger partial charge in [-0.15, -0.1) is 4.36 Å². The van der Waals surface area contributed by atoms with E-state index in [2.05, 4.69) is 29.0 Å². The zero-order chi connectivity index (χ0) is 28.2. The number of fused-ring (bicyclic) bond motifs is 7. The highest BCUT2D eigenvalue weighted by Crippen LogP contribution is 2.72.